The van der Waals surface area contributed by atoms with E-state index in [0.717, 1.165) is 49.2 Å². The molecule has 7 heteroatoms. The summed E-state index contributed by atoms with van der Waals surface area (Å²) < 4.78 is 22.0. The van der Waals surface area contributed by atoms with Gasteiger partial charge in [0.1, 0.15) is 0 Å². The zero-order valence-corrected chi connectivity index (χ0v) is 22.2. The highest BCUT2D eigenvalue weighted by atomic mass is 16.5. The second-order valence-electron chi connectivity index (χ2n) is 9.18. The van der Waals surface area contributed by atoms with Gasteiger partial charge in [-0.15, -0.1) is 0 Å². The van der Waals surface area contributed by atoms with E-state index < -0.39 is 0 Å². The molecule has 0 N–H and O–H groups in total. The largest absolute Gasteiger partial charge is 0.493 e. The van der Waals surface area contributed by atoms with Gasteiger partial charge in [0.2, 0.25) is 0 Å². The van der Waals surface area contributed by atoms with E-state index in [1.807, 2.05) is 12.1 Å². The molecule has 0 aliphatic carbocycles. The first-order valence-electron chi connectivity index (χ1n) is 12.1. The van der Waals surface area contributed by atoms with Crippen molar-refractivity contribution in [1.82, 2.24) is 9.80 Å². The van der Waals surface area contributed by atoms with Crippen LogP contribution in [0.2, 0.25) is 0 Å². The summed E-state index contributed by atoms with van der Waals surface area (Å²) in [5.74, 6) is 2.99. The Morgan fingerprint density at radius 3 is 1.47 bits per heavy atom. The monoisotopic (exact) mass is 491 g/mol. The van der Waals surface area contributed by atoms with Crippen molar-refractivity contribution in [2.24, 2.45) is 0 Å². The molecular weight excluding hydrogens is 454 g/mol. The van der Waals surface area contributed by atoms with Gasteiger partial charge in [0.25, 0.3) is 0 Å². The Kier molecular flexibility index (Phi) is 8.23. The van der Waals surface area contributed by atoms with Crippen molar-refractivity contribution in [2.75, 3.05) is 60.5 Å². The second-order valence-corrected chi connectivity index (χ2v) is 9.18. The molecule has 3 aromatic carbocycles. The van der Waals surface area contributed by atoms with E-state index in [0.29, 0.717) is 0 Å². The SMILES string of the molecule is COc1ccc(CN2CCN(Cc3ccc(OC)c(OC)c3)C2c2ccc(N(C)C)cc2)cc1OC. The third-order valence-corrected chi connectivity index (χ3v) is 6.74. The first kappa shape index (κ1) is 25.7. The Labute approximate surface area is 214 Å². The summed E-state index contributed by atoms with van der Waals surface area (Å²) in [6.45, 7) is 3.54. The molecule has 1 aliphatic heterocycles. The molecule has 0 spiro atoms. The van der Waals surface area contributed by atoms with Gasteiger partial charge in [-0.25, -0.2) is 0 Å². The van der Waals surface area contributed by atoms with Crippen LogP contribution in [0.4, 0.5) is 5.69 Å². The zero-order valence-electron chi connectivity index (χ0n) is 22.2. The third-order valence-electron chi connectivity index (χ3n) is 6.74. The van der Waals surface area contributed by atoms with Crippen LogP contribution in [0.25, 0.3) is 0 Å². The molecule has 0 amide bonds. The number of ether oxygens (including phenoxy) is 4. The molecule has 1 fully saturated rings. The smallest absolute Gasteiger partial charge is 0.161 e. The standard InChI is InChI=1S/C29H37N3O4/c1-30(2)24-11-9-23(10-12-24)29-31(19-21-7-13-25(33-3)27(17-21)35-5)15-16-32(29)20-22-8-14-26(34-4)28(18-22)36-6/h7-14,17-18,29H,15-16,19-20H2,1-6H3. The van der Waals surface area contributed by atoms with E-state index in [1.54, 1.807) is 28.4 Å². The molecule has 0 bridgehead atoms. The fourth-order valence-electron chi connectivity index (χ4n) is 4.86. The van der Waals surface area contributed by atoms with Gasteiger partial charge in [0, 0.05) is 46.0 Å². The van der Waals surface area contributed by atoms with Crippen LogP contribution in [0.5, 0.6) is 23.0 Å². The highest BCUT2D eigenvalue weighted by Crippen LogP contribution is 2.36. The number of rotatable bonds is 10. The van der Waals surface area contributed by atoms with Crippen LogP contribution in [0, 0.1) is 0 Å². The molecule has 0 aromatic heterocycles. The Hall–Kier alpha value is -3.42. The number of hydrogen-bond acceptors (Lipinski definition) is 7. The maximum atomic E-state index is 5.55. The summed E-state index contributed by atoms with van der Waals surface area (Å²) in [6, 6.07) is 21.2. The van der Waals surface area contributed by atoms with E-state index in [1.165, 1.54) is 22.4 Å². The van der Waals surface area contributed by atoms with Crippen molar-refractivity contribution in [3.63, 3.8) is 0 Å². The molecule has 0 atom stereocenters. The van der Waals surface area contributed by atoms with Crippen LogP contribution in [0.3, 0.4) is 0 Å². The van der Waals surface area contributed by atoms with Gasteiger partial charge < -0.3 is 23.8 Å². The van der Waals surface area contributed by atoms with Crippen LogP contribution in [-0.4, -0.2) is 65.4 Å². The van der Waals surface area contributed by atoms with Gasteiger partial charge in [0.05, 0.1) is 34.6 Å². The minimum atomic E-state index is 0.141. The molecule has 0 radical (unpaired) electrons. The lowest BCUT2D eigenvalue weighted by Crippen LogP contribution is -2.30. The number of nitrogens with zero attached hydrogens (tertiary/aromatic N) is 3. The van der Waals surface area contributed by atoms with Crippen molar-refractivity contribution in [3.05, 3.63) is 77.4 Å². The molecule has 4 rings (SSSR count). The summed E-state index contributed by atoms with van der Waals surface area (Å²) in [5, 5.41) is 0. The van der Waals surface area contributed by atoms with Crippen molar-refractivity contribution in [2.45, 2.75) is 19.3 Å². The van der Waals surface area contributed by atoms with E-state index in [-0.39, 0.29) is 6.17 Å². The molecular formula is C29H37N3O4. The van der Waals surface area contributed by atoms with Crippen LogP contribution in [0.1, 0.15) is 22.9 Å². The highest BCUT2D eigenvalue weighted by Gasteiger charge is 2.33. The molecule has 0 unspecified atom stereocenters. The fourth-order valence-corrected chi connectivity index (χ4v) is 4.86. The van der Waals surface area contributed by atoms with Crippen molar-refractivity contribution >= 4 is 5.69 Å². The van der Waals surface area contributed by atoms with Gasteiger partial charge in [-0.1, -0.05) is 24.3 Å². The topological polar surface area (TPSA) is 46.6 Å². The van der Waals surface area contributed by atoms with Gasteiger partial charge in [-0.2, -0.15) is 0 Å². The van der Waals surface area contributed by atoms with Crippen LogP contribution >= 0.6 is 0 Å². The minimum absolute atomic E-state index is 0.141. The second kappa shape index (κ2) is 11.5. The highest BCUT2D eigenvalue weighted by molar-refractivity contribution is 5.47. The predicted molar refractivity (Wildman–Crippen MR) is 143 cm³/mol. The molecule has 3 aromatic rings. The number of benzene rings is 3. The van der Waals surface area contributed by atoms with Gasteiger partial charge in [0.15, 0.2) is 23.0 Å². The lowest BCUT2D eigenvalue weighted by atomic mass is 10.1. The van der Waals surface area contributed by atoms with E-state index in [4.69, 9.17) is 18.9 Å². The molecule has 7 nitrogen and oxygen atoms in total. The molecule has 36 heavy (non-hydrogen) atoms. The van der Waals surface area contributed by atoms with E-state index in [9.17, 15) is 0 Å². The van der Waals surface area contributed by atoms with Crippen molar-refractivity contribution in [3.8, 4) is 23.0 Å². The molecule has 1 aliphatic rings. The van der Waals surface area contributed by atoms with E-state index in [2.05, 4.69) is 77.3 Å². The number of anilines is 1. The number of methoxy groups -OCH3 is 4. The number of hydrogen-bond donors (Lipinski definition) is 0. The molecule has 1 heterocycles. The Morgan fingerprint density at radius 2 is 1.08 bits per heavy atom. The Bertz CT molecular complexity index is 1080. The average molecular weight is 492 g/mol. The lowest BCUT2D eigenvalue weighted by molar-refractivity contribution is 0.125. The van der Waals surface area contributed by atoms with Crippen molar-refractivity contribution in [1.29, 1.82) is 0 Å². The average Bonchev–Trinajstić information content (AvgIpc) is 3.29. The first-order chi connectivity index (χ1) is 17.5. The molecule has 192 valence electrons. The van der Waals surface area contributed by atoms with Crippen molar-refractivity contribution < 1.29 is 18.9 Å². The maximum absolute atomic E-state index is 5.55. The van der Waals surface area contributed by atoms with Crippen LogP contribution in [0.15, 0.2) is 60.7 Å². The van der Waals surface area contributed by atoms with Crippen LogP contribution < -0.4 is 23.8 Å². The van der Waals surface area contributed by atoms with Gasteiger partial charge in [-0.05, 0) is 53.1 Å². The first-order valence-corrected chi connectivity index (χ1v) is 12.1. The third kappa shape index (κ3) is 5.53. The van der Waals surface area contributed by atoms with Gasteiger partial charge in [-0.3, -0.25) is 9.80 Å². The molecule has 0 saturated carbocycles. The Morgan fingerprint density at radius 1 is 0.639 bits per heavy atom. The summed E-state index contributed by atoms with van der Waals surface area (Å²) in [6.07, 6.45) is 0.141. The van der Waals surface area contributed by atoms with E-state index >= 15 is 0 Å². The zero-order chi connectivity index (χ0) is 25.7. The summed E-state index contributed by atoms with van der Waals surface area (Å²) in [4.78, 5) is 7.17. The molecule has 1 saturated heterocycles. The summed E-state index contributed by atoms with van der Waals surface area (Å²) in [7, 11) is 10.8. The quantitative estimate of drug-likeness (QED) is 0.404. The summed E-state index contributed by atoms with van der Waals surface area (Å²) >= 11 is 0. The fraction of sp³-hybridized carbons (Fsp3) is 0.379. The normalized spacial score (nSPS) is 14.6. The maximum Gasteiger partial charge on any atom is 0.161 e. The van der Waals surface area contributed by atoms with Gasteiger partial charge >= 0.3 is 0 Å². The summed E-state index contributed by atoms with van der Waals surface area (Å²) in [5.41, 5.74) is 4.85. The van der Waals surface area contributed by atoms with Crippen LogP contribution in [-0.2, 0) is 13.1 Å². The predicted octanol–water partition coefficient (Wildman–Crippen LogP) is 4.80. The lowest BCUT2D eigenvalue weighted by Gasteiger charge is -2.31. The Balaban J connectivity index is 1.63. The minimum Gasteiger partial charge on any atom is -0.493 e.